The number of likely N-dealkylation sites (N-methyl/N-ethyl adjacent to an activating group) is 1. The summed E-state index contributed by atoms with van der Waals surface area (Å²) in [7, 11) is 4.01. The van der Waals surface area contributed by atoms with Crippen LogP contribution in [0.2, 0.25) is 0 Å². The van der Waals surface area contributed by atoms with E-state index in [1.807, 2.05) is 25.1 Å². The molecule has 5 heteroatoms. The lowest BCUT2D eigenvalue weighted by atomic mass is 10.1. The molecule has 0 saturated heterocycles. The number of carbonyl (C=O) groups is 1. The SMILES string of the molecule is CCCN(CCN(C)C)C(=O)c1cc(N)ccc1Br. The van der Waals surface area contributed by atoms with E-state index in [1.165, 1.54) is 0 Å². The van der Waals surface area contributed by atoms with Crippen LogP contribution in [0.5, 0.6) is 0 Å². The second-order valence-corrected chi connectivity index (χ2v) is 5.69. The van der Waals surface area contributed by atoms with Gasteiger partial charge >= 0.3 is 0 Å². The number of carbonyl (C=O) groups excluding carboxylic acids is 1. The van der Waals surface area contributed by atoms with Crippen LogP contribution in [0.4, 0.5) is 5.69 Å². The van der Waals surface area contributed by atoms with Gasteiger partial charge in [-0.3, -0.25) is 4.79 Å². The van der Waals surface area contributed by atoms with Crippen molar-refractivity contribution in [3.8, 4) is 0 Å². The molecule has 0 aliphatic heterocycles. The molecule has 1 rings (SSSR count). The molecular formula is C14H22BrN3O. The molecule has 0 fully saturated rings. The Morgan fingerprint density at radius 2 is 1.95 bits per heavy atom. The summed E-state index contributed by atoms with van der Waals surface area (Å²) in [5.74, 6) is 0.0304. The van der Waals surface area contributed by atoms with Gasteiger partial charge in [-0.05, 0) is 54.6 Å². The van der Waals surface area contributed by atoms with Crippen LogP contribution in [0.15, 0.2) is 22.7 Å². The zero-order valence-corrected chi connectivity index (χ0v) is 13.4. The summed E-state index contributed by atoms with van der Waals surface area (Å²) in [6, 6.07) is 5.33. The summed E-state index contributed by atoms with van der Waals surface area (Å²) in [5.41, 5.74) is 7.00. The first-order chi connectivity index (χ1) is 8.95. The maximum atomic E-state index is 12.5. The van der Waals surface area contributed by atoms with Gasteiger partial charge in [0.2, 0.25) is 0 Å². The summed E-state index contributed by atoms with van der Waals surface area (Å²) >= 11 is 3.42. The van der Waals surface area contributed by atoms with Crippen LogP contribution in [0.25, 0.3) is 0 Å². The molecule has 0 aliphatic carbocycles. The summed E-state index contributed by atoms with van der Waals surface area (Å²) in [6.45, 7) is 4.41. The lowest BCUT2D eigenvalue weighted by Gasteiger charge is -2.24. The minimum absolute atomic E-state index is 0.0304. The van der Waals surface area contributed by atoms with Crippen molar-refractivity contribution in [3.05, 3.63) is 28.2 Å². The number of amides is 1. The number of halogens is 1. The molecule has 0 saturated carbocycles. The van der Waals surface area contributed by atoms with Gasteiger partial charge in [0.25, 0.3) is 5.91 Å². The first-order valence-electron chi connectivity index (χ1n) is 6.44. The normalized spacial score (nSPS) is 10.8. The highest BCUT2D eigenvalue weighted by Crippen LogP contribution is 2.21. The number of nitrogens with zero attached hydrogens (tertiary/aromatic N) is 2. The summed E-state index contributed by atoms with van der Waals surface area (Å²) in [5, 5.41) is 0. The zero-order valence-electron chi connectivity index (χ0n) is 11.8. The van der Waals surface area contributed by atoms with Crippen molar-refractivity contribution >= 4 is 27.5 Å². The topological polar surface area (TPSA) is 49.6 Å². The van der Waals surface area contributed by atoms with Gasteiger partial charge < -0.3 is 15.5 Å². The van der Waals surface area contributed by atoms with Gasteiger partial charge in [0.15, 0.2) is 0 Å². The van der Waals surface area contributed by atoms with Gasteiger partial charge in [0.1, 0.15) is 0 Å². The largest absolute Gasteiger partial charge is 0.399 e. The van der Waals surface area contributed by atoms with Gasteiger partial charge in [-0.2, -0.15) is 0 Å². The molecular weight excluding hydrogens is 306 g/mol. The molecule has 2 N–H and O–H groups in total. The number of nitrogens with two attached hydrogens (primary N) is 1. The molecule has 0 radical (unpaired) electrons. The second kappa shape index (κ2) is 7.50. The first kappa shape index (κ1) is 16.0. The fraction of sp³-hybridized carbons (Fsp3) is 0.500. The van der Waals surface area contributed by atoms with Gasteiger partial charge in [-0.15, -0.1) is 0 Å². The van der Waals surface area contributed by atoms with Crippen LogP contribution in [-0.4, -0.2) is 49.4 Å². The van der Waals surface area contributed by atoms with E-state index in [0.717, 1.165) is 30.5 Å². The predicted molar refractivity (Wildman–Crippen MR) is 83.3 cm³/mol. The molecule has 1 aromatic rings. The maximum absolute atomic E-state index is 12.5. The van der Waals surface area contributed by atoms with Gasteiger partial charge in [-0.1, -0.05) is 6.92 Å². The quantitative estimate of drug-likeness (QED) is 0.816. The maximum Gasteiger partial charge on any atom is 0.255 e. The fourth-order valence-corrected chi connectivity index (χ4v) is 2.20. The Morgan fingerprint density at radius 3 is 2.53 bits per heavy atom. The number of hydrogen-bond donors (Lipinski definition) is 1. The van der Waals surface area contributed by atoms with Crippen molar-refractivity contribution in [3.63, 3.8) is 0 Å². The standard InChI is InChI=1S/C14H22BrN3O/c1-4-7-18(9-8-17(2)3)14(19)12-10-11(16)5-6-13(12)15/h5-6,10H,4,7-9,16H2,1-3H3. The third kappa shape index (κ3) is 4.84. The minimum atomic E-state index is 0.0304. The van der Waals surface area contributed by atoms with Crippen molar-refractivity contribution in [1.82, 2.24) is 9.80 Å². The Balaban J connectivity index is 2.88. The number of anilines is 1. The van der Waals surface area contributed by atoms with E-state index >= 15 is 0 Å². The van der Waals surface area contributed by atoms with Crippen molar-refractivity contribution in [2.45, 2.75) is 13.3 Å². The Morgan fingerprint density at radius 1 is 1.26 bits per heavy atom. The van der Waals surface area contributed by atoms with Gasteiger partial charge in [0.05, 0.1) is 5.56 Å². The molecule has 0 bridgehead atoms. The Kier molecular flexibility index (Phi) is 6.31. The first-order valence-corrected chi connectivity index (χ1v) is 7.24. The van der Waals surface area contributed by atoms with Crippen LogP contribution < -0.4 is 5.73 Å². The number of benzene rings is 1. The number of nitrogen functional groups attached to an aromatic ring is 1. The summed E-state index contributed by atoms with van der Waals surface area (Å²) in [4.78, 5) is 16.5. The predicted octanol–water partition coefficient (Wildman–Crippen LogP) is 2.45. The molecule has 0 aromatic heterocycles. The van der Waals surface area contributed by atoms with E-state index in [0.29, 0.717) is 11.3 Å². The van der Waals surface area contributed by atoms with Crippen molar-refractivity contribution in [2.75, 3.05) is 39.5 Å². The summed E-state index contributed by atoms with van der Waals surface area (Å²) in [6.07, 6.45) is 0.944. The molecule has 0 spiro atoms. The lowest BCUT2D eigenvalue weighted by Crippen LogP contribution is -2.37. The van der Waals surface area contributed by atoms with Crippen LogP contribution in [-0.2, 0) is 0 Å². The van der Waals surface area contributed by atoms with Crippen molar-refractivity contribution in [2.24, 2.45) is 0 Å². The highest BCUT2D eigenvalue weighted by molar-refractivity contribution is 9.10. The fourth-order valence-electron chi connectivity index (χ4n) is 1.78. The van der Waals surface area contributed by atoms with Gasteiger partial charge in [0, 0.05) is 29.8 Å². The molecule has 19 heavy (non-hydrogen) atoms. The third-order valence-corrected chi connectivity index (χ3v) is 3.51. The highest BCUT2D eigenvalue weighted by Gasteiger charge is 2.17. The smallest absolute Gasteiger partial charge is 0.255 e. The van der Waals surface area contributed by atoms with E-state index in [4.69, 9.17) is 5.73 Å². The second-order valence-electron chi connectivity index (χ2n) is 4.83. The molecule has 106 valence electrons. The number of hydrogen-bond acceptors (Lipinski definition) is 3. The van der Waals surface area contributed by atoms with Crippen LogP contribution in [0.3, 0.4) is 0 Å². The molecule has 4 nitrogen and oxygen atoms in total. The van der Waals surface area contributed by atoms with E-state index in [1.54, 1.807) is 12.1 Å². The van der Waals surface area contributed by atoms with Crippen LogP contribution >= 0.6 is 15.9 Å². The average Bonchev–Trinajstić information content (AvgIpc) is 2.36. The van der Waals surface area contributed by atoms with Crippen LogP contribution in [0, 0.1) is 0 Å². The highest BCUT2D eigenvalue weighted by atomic mass is 79.9. The van der Waals surface area contributed by atoms with E-state index < -0.39 is 0 Å². The Labute approximate surface area is 123 Å². The molecule has 0 unspecified atom stereocenters. The van der Waals surface area contributed by atoms with Crippen molar-refractivity contribution < 1.29 is 4.79 Å². The third-order valence-electron chi connectivity index (χ3n) is 2.82. The van der Waals surface area contributed by atoms with Crippen molar-refractivity contribution in [1.29, 1.82) is 0 Å². The molecule has 1 amide bonds. The monoisotopic (exact) mass is 327 g/mol. The lowest BCUT2D eigenvalue weighted by molar-refractivity contribution is 0.0744. The number of rotatable bonds is 6. The average molecular weight is 328 g/mol. The van der Waals surface area contributed by atoms with Crippen LogP contribution in [0.1, 0.15) is 23.7 Å². The molecule has 0 heterocycles. The Hall–Kier alpha value is -1.07. The van der Waals surface area contributed by atoms with Gasteiger partial charge in [-0.25, -0.2) is 0 Å². The van der Waals surface area contributed by atoms with E-state index in [9.17, 15) is 4.79 Å². The summed E-state index contributed by atoms with van der Waals surface area (Å²) < 4.78 is 0.789. The minimum Gasteiger partial charge on any atom is -0.399 e. The zero-order chi connectivity index (χ0) is 14.4. The molecule has 1 aromatic carbocycles. The van der Waals surface area contributed by atoms with E-state index in [2.05, 4.69) is 27.8 Å². The molecule has 0 atom stereocenters. The van der Waals surface area contributed by atoms with E-state index in [-0.39, 0.29) is 5.91 Å². The Bertz CT molecular complexity index is 435. The molecule has 0 aliphatic rings.